The molecule has 0 spiro atoms. The second kappa shape index (κ2) is 13.2. The molecule has 0 atom stereocenters. The predicted octanol–water partition coefficient (Wildman–Crippen LogP) is 6.01. The minimum absolute atomic E-state index is 0.0779. The quantitative estimate of drug-likeness (QED) is 0.111. The van der Waals surface area contributed by atoms with Crippen LogP contribution in [0, 0.1) is 0 Å². The van der Waals surface area contributed by atoms with Crippen LogP contribution in [0.3, 0.4) is 0 Å². The lowest BCUT2D eigenvalue weighted by atomic mass is 10.1. The summed E-state index contributed by atoms with van der Waals surface area (Å²) in [5.41, 5.74) is 8.30. The van der Waals surface area contributed by atoms with Gasteiger partial charge in [-0.15, -0.1) is 0 Å². The Kier molecular flexibility index (Phi) is 9.71. The van der Waals surface area contributed by atoms with E-state index in [4.69, 9.17) is 19.9 Å². The first-order chi connectivity index (χ1) is 17.7. The van der Waals surface area contributed by atoms with Crippen LogP contribution in [-0.4, -0.2) is 31.3 Å². The highest BCUT2D eigenvalue weighted by Crippen LogP contribution is 2.22. The molecule has 0 saturated carbocycles. The first-order valence-electron chi connectivity index (χ1n) is 11.5. The minimum Gasteiger partial charge on any atom is -0.494 e. The van der Waals surface area contributed by atoms with Crippen LogP contribution in [0.15, 0.2) is 78.9 Å². The van der Waals surface area contributed by atoms with Crippen molar-refractivity contribution in [2.24, 2.45) is 0 Å². The molecular weight excluding hydrogens is 487 g/mol. The SMILES string of the molecule is Nc1ccc(CCOC(=O)/C=C/c2ccc(OC(=O)c3ccc(OCCCC(F)(F)F)cc3)cc2)cc1. The lowest BCUT2D eigenvalue weighted by molar-refractivity contribution is -0.138. The number of benzene rings is 3. The highest BCUT2D eigenvalue weighted by Gasteiger charge is 2.26. The van der Waals surface area contributed by atoms with Gasteiger partial charge in [-0.1, -0.05) is 24.3 Å². The van der Waals surface area contributed by atoms with Gasteiger partial charge in [-0.05, 0) is 72.2 Å². The summed E-state index contributed by atoms with van der Waals surface area (Å²) in [6.45, 7) is 0.165. The summed E-state index contributed by atoms with van der Waals surface area (Å²) in [5.74, 6) is -0.408. The molecule has 0 aliphatic rings. The maximum absolute atomic E-state index is 12.3. The Morgan fingerprint density at radius 2 is 1.49 bits per heavy atom. The van der Waals surface area contributed by atoms with Crippen LogP contribution in [0.4, 0.5) is 18.9 Å². The number of anilines is 1. The number of halogens is 3. The maximum atomic E-state index is 12.3. The number of nitrogens with two attached hydrogens (primary N) is 1. The number of rotatable bonds is 11. The number of alkyl halides is 3. The molecule has 3 aromatic rings. The number of carbonyl (C=O) groups excluding carboxylic acids is 2. The van der Waals surface area contributed by atoms with Crippen LogP contribution >= 0.6 is 0 Å². The van der Waals surface area contributed by atoms with Crippen LogP contribution in [0.1, 0.15) is 34.3 Å². The van der Waals surface area contributed by atoms with Crippen LogP contribution < -0.4 is 15.2 Å². The first kappa shape index (κ1) is 27.3. The van der Waals surface area contributed by atoms with Crippen molar-refractivity contribution in [1.82, 2.24) is 0 Å². The number of ether oxygens (including phenoxy) is 3. The summed E-state index contributed by atoms with van der Waals surface area (Å²) in [7, 11) is 0. The van der Waals surface area contributed by atoms with Gasteiger partial charge >= 0.3 is 18.1 Å². The Balaban J connectivity index is 1.41. The van der Waals surface area contributed by atoms with E-state index in [2.05, 4.69) is 0 Å². The average Bonchev–Trinajstić information content (AvgIpc) is 2.87. The van der Waals surface area contributed by atoms with Crippen molar-refractivity contribution in [3.8, 4) is 11.5 Å². The van der Waals surface area contributed by atoms with E-state index < -0.39 is 24.5 Å². The Labute approximate surface area is 212 Å². The molecule has 0 bridgehead atoms. The molecular formula is C28H26F3NO5. The lowest BCUT2D eigenvalue weighted by Crippen LogP contribution is -2.10. The van der Waals surface area contributed by atoms with Gasteiger partial charge in [0.1, 0.15) is 11.5 Å². The number of carbonyl (C=O) groups is 2. The normalized spacial score (nSPS) is 11.3. The van der Waals surface area contributed by atoms with Crippen LogP contribution in [0.25, 0.3) is 6.08 Å². The molecule has 0 aliphatic heterocycles. The third kappa shape index (κ3) is 10.1. The molecule has 0 saturated heterocycles. The maximum Gasteiger partial charge on any atom is 0.389 e. The molecule has 194 valence electrons. The fourth-order valence-corrected chi connectivity index (χ4v) is 3.13. The summed E-state index contributed by atoms with van der Waals surface area (Å²) < 4.78 is 52.3. The van der Waals surface area contributed by atoms with Crippen LogP contribution in [0.5, 0.6) is 11.5 Å². The monoisotopic (exact) mass is 513 g/mol. The van der Waals surface area contributed by atoms with Crippen molar-refractivity contribution in [2.75, 3.05) is 18.9 Å². The van der Waals surface area contributed by atoms with Crippen molar-refractivity contribution >= 4 is 23.7 Å². The van der Waals surface area contributed by atoms with E-state index in [1.54, 1.807) is 42.5 Å². The van der Waals surface area contributed by atoms with E-state index in [1.165, 1.54) is 30.3 Å². The van der Waals surface area contributed by atoms with Gasteiger partial charge in [0.2, 0.25) is 0 Å². The van der Waals surface area contributed by atoms with E-state index in [9.17, 15) is 22.8 Å². The van der Waals surface area contributed by atoms with E-state index >= 15 is 0 Å². The molecule has 0 amide bonds. The fourth-order valence-electron chi connectivity index (χ4n) is 3.13. The van der Waals surface area contributed by atoms with Crippen molar-refractivity contribution in [2.45, 2.75) is 25.4 Å². The Morgan fingerprint density at radius 3 is 2.14 bits per heavy atom. The van der Waals surface area contributed by atoms with Crippen molar-refractivity contribution in [3.63, 3.8) is 0 Å². The number of nitrogen functional groups attached to an aromatic ring is 1. The van der Waals surface area contributed by atoms with Gasteiger partial charge in [0.15, 0.2) is 0 Å². The van der Waals surface area contributed by atoms with Gasteiger partial charge in [-0.3, -0.25) is 0 Å². The molecule has 3 aromatic carbocycles. The summed E-state index contributed by atoms with van der Waals surface area (Å²) in [6, 6.07) is 19.8. The zero-order valence-corrected chi connectivity index (χ0v) is 19.9. The molecule has 9 heteroatoms. The van der Waals surface area contributed by atoms with E-state index in [0.717, 1.165) is 5.56 Å². The zero-order valence-electron chi connectivity index (χ0n) is 19.9. The Morgan fingerprint density at radius 1 is 0.838 bits per heavy atom. The molecule has 0 aliphatic carbocycles. The highest BCUT2D eigenvalue weighted by atomic mass is 19.4. The van der Waals surface area contributed by atoms with Gasteiger partial charge in [-0.25, -0.2) is 9.59 Å². The van der Waals surface area contributed by atoms with Gasteiger partial charge in [-0.2, -0.15) is 13.2 Å². The van der Waals surface area contributed by atoms with E-state index in [-0.39, 0.29) is 25.2 Å². The fraction of sp³-hybridized carbons (Fsp3) is 0.214. The van der Waals surface area contributed by atoms with Crippen molar-refractivity contribution < 1.29 is 37.0 Å². The van der Waals surface area contributed by atoms with Crippen molar-refractivity contribution in [3.05, 3.63) is 95.6 Å². The zero-order chi connectivity index (χ0) is 26.7. The molecule has 0 unspecified atom stereocenters. The topological polar surface area (TPSA) is 87.9 Å². The van der Waals surface area contributed by atoms with Gasteiger partial charge in [0.25, 0.3) is 0 Å². The van der Waals surface area contributed by atoms with E-state index in [0.29, 0.717) is 29.2 Å². The van der Waals surface area contributed by atoms with Crippen molar-refractivity contribution in [1.29, 1.82) is 0 Å². The average molecular weight is 514 g/mol. The molecule has 3 rings (SSSR count). The second-order valence-electron chi connectivity index (χ2n) is 8.04. The van der Waals surface area contributed by atoms with Gasteiger partial charge < -0.3 is 19.9 Å². The largest absolute Gasteiger partial charge is 0.494 e. The molecule has 0 aromatic heterocycles. The Hall–Kier alpha value is -4.27. The standard InChI is InChI=1S/C28H26F3NO5/c29-28(30,31)17-1-18-35-24-13-7-22(8-14-24)27(34)37-25-11-4-20(5-12-25)6-15-26(33)36-19-16-21-2-9-23(32)10-3-21/h2-15H,1,16-19,32H2/b15-6+. The van der Waals surface area contributed by atoms with Gasteiger partial charge in [0.05, 0.1) is 18.8 Å². The molecule has 0 radical (unpaired) electrons. The van der Waals surface area contributed by atoms with Crippen LogP contribution in [-0.2, 0) is 16.0 Å². The predicted molar refractivity (Wildman–Crippen MR) is 133 cm³/mol. The molecule has 2 N–H and O–H groups in total. The van der Waals surface area contributed by atoms with Gasteiger partial charge in [0, 0.05) is 24.6 Å². The number of esters is 2. The first-order valence-corrected chi connectivity index (χ1v) is 11.5. The summed E-state index contributed by atoms with van der Waals surface area (Å²) in [6.07, 6.45) is -1.79. The molecule has 0 fully saturated rings. The number of hydrogen-bond acceptors (Lipinski definition) is 6. The molecule has 37 heavy (non-hydrogen) atoms. The lowest BCUT2D eigenvalue weighted by Gasteiger charge is -2.09. The summed E-state index contributed by atoms with van der Waals surface area (Å²) >= 11 is 0. The molecule has 0 heterocycles. The summed E-state index contributed by atoms with van der Waals surface area (Å²) in [4.78, 5) is 24.3. The second-order valence-corrected chi connectivity index (χ2v) is 8.04. The third-order valence-electron chi connectivity index (χ3n) is 5.08. The molecule has 6 nitrogen and oxygen atoms in total. The highest BCUT2D eigenvalue weighted by molar-refractivity contribution is 5.91. The van der Waals surface area contributed by atoms with E-state index in [1.807, 2.05) is 12.1 Å². The summed E-state index contributed by atoms with van der Waals surface area (Å²) in [5, 5.41) is 0. The number of hydrogen-bond donors (Lipinski definition) is 1. The third-order valence-corrected chi connectivity index (χ3v) is 5.08. The smallest absolute Gasteiger partial charge is 0.389 e. The Bertz CT molecular complexity index is 1190. The van der Waals surface area contributed by atoms with Crippen LogP contribution in [0.2, 0.25) is 0 Å². The minimum atomic E-state index is -4.21.